The Labute approximate surface area is 211 Å². The van der Waals surface area contributed by atoms with Gasteiger partial charge in [-0.15, -0.1) is 0 Å². The number of hydrogen-bond acceptors (Lipinski definition) is 6. The van der Waals surface area contributed by atoms with Gasteiger partial charge in [-0.1, -0.05) is 65.2 Å². The summed E-state index contributed by atoms with van der Waals surface area (Å²) >= 11 is 0. The predicted molar refractivity (Wildman–Crippen MR) is 141 cm³/mol. The van der Waals surface area contributed by atoms with Crippen LogP contribution in [-0.4, -0.2) is 35.8 Å². The first kappa shape index (κ1) is 28.8. The van der Waals surface area contributed by atoms with Crippen molar-refractivity contribution in [3.63, 3.8) is 0 Å². The van der Waals surface area contributed by atoms with E-state index in [1.165, 1.54) is 44.9 Å². The average Bonchev–Trinajstić information content (AvgIpc) is 2.88. The van der Waals surface area contributed by atoms with Crippen LogP contribution in [0.3, 0.4) is 0 Å². The van der Waals surface area contributed by atoms with Crippen molar-refractivity contribution in [3.8, 4) is 22.9 Å². The van der Waals surface area contributed by atoms with Gasteiger partial charge in [0.05, 0.1) is 19.0 Å². The van der Waals surface area contributed by atoms with Gasteiger partial charge >= 0.3 is 5.97 Å². The fourth-order valence-electron chi connectivity index (χ4n) is 3.67. The molecule has 0 saturated carbocycles. The van der Waals surface area contributed by atoms with Crippen LogP contribution >= 0.6 is 0 Å². The highest BCUT2D eigenvalue weighted by atomic mass is 16.5. The van der Waals surface area contributed by atoms with Crippen molar-refractivity contribution in [3.05, 3.63) is 36.7 Å². The second-order valence-electron chi connectivity index (χ2n) is 8.99. The number of unbranched alkanes of at least 4 members (excludes halogenated alkanes) is 9. The molecule has 0 amide bonds. The van der Waals surface area contributed by atoms with Crippen LogP contribution in [-0.2, 0) is 9.53 Å². The highest BCUT2D eigenvalue weighted by Gasteiger charge is 2.07. The molecule has 0 unspecified atom stereocenters. The largest absolute Gasteiger partial charge is 0.490 e. The van der Waals surface area contributed by atoms with Crippen molar-refractivity contribution in [1.82, 2.24) is 9.97 Å². The molecule has 1 aromatic carbocycles. The molecule has 35 heavy (non-hydrogen) atoms. The van der Waals surface area contributed by atoms with E-state index in [9.17, 15) is 4.79 Å². The molecule has 2 rings (SSSR count). The van der Waals surface area contributed by atoms with Gasteiger partial charge in [0.1, 0.15) is 5.75 Å². The lowest BCUT2D eigenvalue weighted by molar-refractivity contribution is -0.134. The van der Waals surface area contributed by atoms with Gasteiger partial charge in [-0.05, 0) is 49.9 Å². The predicted octanol–water partition coefficient (Wildman–Crippen LogP) is 7.56. The third-order valence-corrected chi connectivity index (χ3v) is 5.80. The molecule has 6 nitrogen and oxygen atoms in total. The van der Waals surface area contributed by atoms with Gasteiger partial charge in [-0.3, -0.25) is 4.79 Å². The van der Waals surface area contributed by atoms with Crippen LogP contribution in [0, 0.1) is 0 Å². The van der Waals surface area contributed by atoms with Crippen molar-refractivity contribution in [2.75, 3.05) is 19.8 Å². The van der Waals surface area contributed by atoms with E-state index in [4.69, 9.17) is 14.2 Å². The van der Waals surface area contributed by atoms with E-state index in [0.29, 0.717) is 30.4 Å². The number of carbonyl (C=O) groups is 1. The van der Waals surface area contributed by atoms with Crippen LogP contribution in [0.25, 0.3) is 11.4 Å². The lowest BCUT2D eigenvalue weighted by atomic mass is 10.1. The van der Waals surface area contributed by atoms with Crippen molar-refractivity contribution in [2.24, 2.45) is 0 Å². The van der Waals surface area contributed by atoms with E-state index in [-0.39, 0.29) is 5.97 Å². The summed E-state index contributed by atoms with van der Waals surface area (Å²) in [6.45, 7) is 6.68. The number of nitrogens with zero attached hydrogens (tertiary/aromatic N) is 2. The number of ether oxygens (including phenoxy) is 3. The maximum absolute atomic E-state index is 12.1. The smallest absolute Gasteiger partial charge is 0.311 e. The molecule has 0 bridgehead atoms. The lowest BCUT2D eigenvalue weighted by Gasteiger charge is -2.08. The number of aromatic nitrogens is 2. The Morgan fingerprint density at radius 1 is 0.686 bits per heavy atom. The van der Waals surface area contributed by atoms with E-state index in [1.807, 2.05) is 12.1 Å². The van der Waals surface area contributed by atoms with Gasteiger partial charge in [0.2, 0.25) is 0 Å². The Kier molecular flexibility index (Phi) is 15.5. The van der Waals surface area contributed by atoms with E-state index >= 15 is 0 Å². The van der Waals surface area contributed by atoms with Crippen LogP contribution in [0.2, 0.25) is 0 Å². The molecule has 0 radical (unpaired) electrons. The summed E-state index contributed by atoms with van der Waals surface area (Å²) in [5.74, 6) is 1.65. The second kappa shape index (κ2) is 18.8. The number of rotatable bonds is 20. The fourth-order valence-corrected chi connectivity index (χ4v) is 3.67. The topological polar surface area (TPSA) is 70.5 Å². The van der Waals surface area contributed by atoms with Gasteiger partial charge in [0, 0.05) is 25.2 Å². The van der Waals surface area contributed by atoms with Gasteiger partial charge in [0.25, 0.3) is 0 Å². The molecule has 1 aromatic heterocycles. The summed E-state index contributed by atoms with van der Waals surface area (Å²) in [6.07, 6.45) is 17.7. The molecular formula is C29H44N2O4. The molecule has 0 spiro atoms. The number of carbonyl (C=O) groups excluding carboxylic acids is 1. The highest BCUT2D eigenvalue weighted by molar-refractivity contribution is 5.72. The molecule has 0 atom stereocenters. The molecule has 0 aliphatic heterocycles. The number of esters is 1. The summed E-state index contributed by atoms with van der Waals surface area (Å²) < 4.78 is 16.8. The Balaban J connectivity index is 1.62. The maximum Gasteiger partial charge on any atom is 0.311 e. The van der Waals surface area contributed by atoms with Crippen molar-refractivity contribution in [2.45, 2.75) is 97.3 Å². The quantitative estimate of drug-likeness (QED) is 0.110. The molecular weight excluding hydrogens is 440 g/mol. The number of hydrogen-bond donors (Lipinski definition) is 0. The Bertz CT molecular complexity index is 793. The van der Waals surface area contributed by atoms with Crippen LogP contribution in [0.15, 0.2) is 36.7 Å². The highest BCUT2D eigenvalue weighted by Crippen LogP contribution is 2.21. The maximum atomic E-state index is 12.1. The summed E-state index contributed by atoms with van der Waals surface area (Å²) in [7, 11) is 0. The van der Waals surface area contributed by atoms with Crippen molar-refractivity contribution >= 4 is 5.97 Å². The third-order valence-electron chi connectivity index (χ3n) is 5.80. The minimum atomic E-state index is -0.174. The van der Waals surface area contributed by atoms with Gasteiger partial charge < -0.3 is 14.2 Å². The van der Waals surface area contributed by atoms with Crippen LogP contribution in [0.4, 0.5) is 0 Å². The first-order valence-electron chi connectivity index (χ1n) is 13.6. The van der Waals surface area contributed by atoms with Crippen molar-refractivity contribution in [1.29, 1.82) is 0 Å². The zero-order chi connectivity index (χ0) is 25.0. The van der Waals surface area contributed by atoms with E-state index < -0.39 is 0 Å². The van der Waals surface area contributed by atoms with Gasteiger partial charge in [0.15, 0.2) is 11.6 Å². The molecule has 0 aliphatic carbocycles. The van der Waals surface area contributed by atoms with Gasteiger partial charge in [-0.25, -0.2) is 9.97 Å². The third kappa shape index (κ3) is 13.3. The van der Waals surface area contributed by atoms with E-state index in [1.54, 1.807) is 24.5 Å². The monoisotopic (exact) mass is 484 g/mol. The summed E-state index contributed by atoms with van der Waals surface area (Å²) in [6, 6.07) is 7.31. The average molecular weight is 485 g/mol. The summed E-state index contributed by atoms with van der Waals surface area (Å²) in [5, 5.41) is 0. The zero-order valence-electron chi connectivity index (χ0n) is 21.8. The summed E-state index contributed by atoms with van der Waals surface area (Å²) in [4.78, 5) is 20.9. The van der Waals surface area contributed by atoms with Crippen LogP contribution < -0.4 is 9.47 Å². The molecule has 0 fully saturated rings. The van der Waals surface area contributed by atoms with Gasteiger partial charge in [-0.2, -0.15) is 0 Å². The Morgan fingerprint density at radius 3 is 1.94 bits per heavy atom. The Morgan fingerprint density at radius 2 is 1.26 bits per heavy atom. The Hall–Kier alpha value is -2.47. The van der Waals surface area contributed by atoms with E-state index in [0.717, 1.165) is 50.9 Å². The minimum Gasteiger partial charge on any atom is -0.490 e. The summed E-state index contributed by atoms with van der Waals surface area (Å²) in [5.41, 5.74) is 0.864. The molecule has 6 heteroatoms. The van der Waals surface area contributed by atoms with E-state index in [2.05, 4.69) is 23.8 Å². The van der Waals surface area contributed by atoms with Crippen LogP contribution in [0.5, 0.6) is 11.5 Å². The SMILES string of the molecule is CCCCCCCCCC(=O)Oc1ccc(-c2ncc(OCCCCOCCCCC)cn2)cc1. The first-order valence-corrected chi connectivity index (χ1v) is 13.6. The molecule has 0 saturated heterocycles. The second-order valence-corrected chi connectivity index (χ2v) is 8.99. The van der Waals surface area contributed by atoms with Crippen LogP contribution in [0.1, 0.15) is 97.3 Å². The number of benzene rings is 1. The minimum absolute atomic E-state index is 0.174. The molecule has 1 heterocycles. The first-order chi connectivity index (χ1) is 17.2. The molecule has 0 N–H and O–H groups in total. The standard InChI is InChI=1S/C29H44N2O4/c1-3-5-7-8-9-10-11-15-28(32)35-26-18-16-25(17-19-26)29-30-23-27(24-31-29)34-22-14-13-21-33-20-12-6-4-2/h16-19,23-24H,3-15,20-22H2,1-2H3. The molecule has 0 aliphatic rings. The zero-order valence-corrected chi connectivity index (χ0v) is 21.8. The fraction of sp³-hybridized carbons (Fsp3) is 0.621. The molecule has 194 valence electrons. The normalized spacial score (nSPS) is 10.9. The lowest BCUT2D eigenvalue weighted by Crippen LogP contribution is -2.07. The van der Waals surface area contributed by atoms with Crippen molar-refractivity contribution < 1.29 is 19.0 Å². The molecule has 2 aromatic rings.